The average molecular weight is 505 g/mol. The van der Waals surface area contributed by atoms with Crippen LogP contribution in [0.2, 0.25) is 0 Å². The van der Waals surface area contributed by atoms with Crippen molar-refractivity contribution in [1.29, 1.82) is 0 Å². The van der Waals surface area contributed by atoms with Gasteiger partial charge >= 0.3 is 5.97 Å². The summed E-state index contributed by atoms with van der Waals surface area (Å²) in [5.41, 5.74) is 1.21. The molecule has 3 amide bonds. The first-order valence-corrected chi connectivity index (χ1v) is 10.6. The van der Waals surface area contributed by atoms with Gasteiger partial charge in [-0.05, 0) is 63.6 Å². The molecular formula is C21H17BrN2O6S. The Labute approximate surface area is 190 Å². The fraction of sp³-hybridized carbons (Fsp3) is 0.143. The van der Waals surface area contributed by atoms with Gasteiger partial charge in [0.1, 0.15) is 12.3 Å². The van der Waals surface area contributed by atoms with E-state index in [4.69, 9.17) is 4.74 Å². The van der Waals surface area contributed by atoms with Crippen molar-refractivity contribution >= 4 is 62.5 Å². The topological polar surface area (TPSA) is 102 Å². The van der Waals surface area contributed by atoms with Gasteiger partial charge in [0.05, 0.1) is 16.5 Å². The van der Waals surface area contributed by atoms with E-state index >= 15 is 0 Å². The lowest BCUT2D eigenvalue weighted by Gasteiger charge is -2.12. The van der Waals surface area contributed by atoms with Gasteiger partial charge in [0.15, 0.2) is 6.61 Å². The van der Waals surface area contributed by atoms with Crippen LogP contribution in [0.5, 0.6) is 5.75 Å². The molecule has 0 bridgehead atoms. The van der Waals surface area contributed by atoms with E-state index in [1.165, 1.54) is 7.11 Å². The van der Waals surface area contributed by atoms with Crippen LogP contribution in [0.4, 0.5) is 10.5 Å². The number of benzene rings is 2. The summed E-state index contributed by atoms with van der Waals surface area (Å²) in [4.78, 5) is 49.4. The first-order valence-electron chi connectivity index (χ1n) is 8.97. The second-order valence-electron chi connectivity index (χ2n) is 6.24. The van der Waals surface area contributed by atoms with Gasteiger partial charge in [-0.1, -0.05) is 24.3 Å². The maximum absolute atomic E-state index is 12.6. The molecule has 0 radical (unpaired) electrons. The molecular weight excluding hydrogens is 488 g/mol. The van der Waals surface area contributed by atoms with E-state index in [0.717, 1.165) is 16.7 Å². The number of nitrogens with one attached hydrogen (secondary N) is 1. The quantitative estimate of drug-likeness (QED) is 0.453. The molecule has 8 nitrogen and oxygen atoms in total. The number of rotatable bonds is 7. The Kier molecular flexibility index (Phi) is 7.48. The second-order valence-corrected chi connectivity index (χ2v) is 8.08. The van der Waals surface area contributed by atoms with Gasteiger partial charge in [-0.15, -0.1) is 0 Å². The number of carbonyl (C=O) groups excluding carboxylic acids is 4. The molecule has 1 N–H and O–H groups in total. The van der Waals surface area contributed by atoms with Crippen molar-refractivity contribution in [2.45, 2.75) is 0 Å². The molecule has 0 aliphatic carbocycles. The molecule has 0 unspecified atom stereocenters. The number of amides is 3. The summed E-state index contributed by atoms with van der Waals surface area (Å²) < 4.78 is 10.4. The molecule has 160 valence electrons. The lowest BCUT2D eigenvalue weighted by atomic mass is 10.2. The number of hydrogen-bond acceptors (Lipinski definition) is 7. The van der Waals surface area contributed by atoms with E-state index in [2.05, 4.69) is 26.0 Å². The van der Waals surface area contributed by atoms with Gasteiger partial charge in [0.2, 0.25) is 5.91 Å². The van der Waals surface area contributed by atoms with Crippen LogP contribution in [0.25, 0.3) is 6.08 Å². The Hall–Kier alpha value is -3.11. The molecule has 0 aromatic heterocycles. The monoisotopic (exact) mass is 504 g/mol. The number of esters is 1. The first kappa shape index (κ1) is 22.6. The van der Waals surface area contributed by atoms with Gasteiger partial charge in [-0.25, -0.2) is 4.79 Å². The number of methoxy groups -OCH3 is 1. The minimum Gasteiger partial charge on any atom is -0.481 e. The van der Waals surface area contributed by atoms with Crippen molar-refractivity contribution < 1.29 is 28.7 Å². The smallest absolute Gasteiger partial charge is 0.343 e. The molecule has 1 aliphatic heterocycles. The third-order valence-electron chi connectivity index (χ3n) is 4.06. The highest BCUT2D eigenvalue weighted by molar-refractivity contribution is 9.10. The second kappa shape index (κ2) is 10.3. The van der Waals surface area contributed by atoms with Crippen molar-refractivity contribution in [3.63, 3.8) is 0 Å². The number of carbonyl (C=O) groups is 4. The van der Waals surface area contributed by atoms with Crippen molar-refractivity contribution in [2.75, 3.05) is 25.6 Å². The lowest BCUT2D eigenvalue weighted by molar-refractivity contribution is -0.142. The third kappa shape index (κ3) is 5.96. The fourth-order valence-corrected chi connectivity index (χ4v) is 3.92. The maximum Gasteiger partial charge on any atom is 0.343 e. The normalized spacial score (nSPS) is 14.6. The Bertz CT molecular complexity index is 1060. The minimum absolute atomic E-state index is 0.202. The number of imide groups is 1. The van der Waals surface area contributed by atoms with Crippen LogP contribution in [0.15, 0.2) is 57.9 Å². The maximum atomic E-state index is 12.6. The number of ether oxygens (including phenoxy) is 2. The summed E-state index contributed by atoms with van der Waals surface area (Å²) in [5, 5.41) is 2.13. The van der Waals surface area contributed by atoms with Crippen LogP contribution in [0.3, 0.4) is 0 Å². The minimum atomic E-state index is -0.541. The summed E-state index contributed by atoms with van der Waals surface area (Å²) in [6.07, 6.45) is 1.55. The van der Waals surface area contributed by atoms with Gasteiger partial charge in [0.25, 0.3) is 11.1 Å². The highest BCUT2D eigenvalue weighted by atomic mass is 79.9. The molecule has 0 atom stereocenters. The molecule has 1 saturated heterocycles. The molecule has 3 rings (SSSR count). The Balaban J connectivity index is 1.66. The third-order valence-corrected chi connectivity index (χ3v) is 5.59. The van der Waals surface area contributed by atoms with Crippen LogP contribution < -0.4 is 10.1 Å². The molecule has 2 aromatic rings. The predicted molar refractivity (Wildman–Crippen MR) is 119 cm³/mol. The molecule has 2 aromatic carbocycles. The number of halogens is 1. The van der Waals surface area contributed by atoms with Crippen LogP contribution in [-0.4, -0.2) is 48.2 Å². The molecule has 10 heteroatoms. The summed E-state index contributed by atoms with van der Waals surface area (Å²) in [6, 6.07) is 13.7. The van der Waals surface area contributed by atoms with E-state index < -0.39 is 23.0 Å². The van der Waals surface area contributed by atoms with Crippen LogP contribution in [0.1, 0.15) is 5.56 Å². The number of para-hydroxylation sites is 1. The summed E-state index contributed by atoms with van der Waals surface area (Å²) >= 11 is 4.11. The molecule has 0 spiro atoms. The first-order chi connectivity index (χ1) is 14.9. The zero-order valence-corrected chi connectivity index (χ0v) is 18.7. The van der Waals surface area contributed by atoms with Crippen LogP contribution >= 0.6 is 27.7 Å². The summed E-state index contributed by atoms with van der Waals surface area (Å²) in [5.74, 6) is -1.10. The van der Waals surface area contributed by atoms with Crippen molar-refractivity contribution in [2.24, 2.45) is 0 Å². The van der Waals surface area contributed by atoms with Gasteiger partial charge in [0, 0.05) is 5.69 Å². The highest BCUT2D eigenvalue weighted by Crippen LogP contribution is 2.33. The Morgan fingerprint density at radius 2 is 1.90 bits per heavy atom. The standard InChI is InChI=1S/C21H17BrN2O6S/c1-29-19(26)12-30-16-8-7-13(9-15(16)22)10-17-20(27)24(21(28)31-17)11-18(25)23-14-5-3-2-4-6-14/h2-10H,11-12H2,1H3,(H,23,25)/b17-10-. The number of hydrogen-bond donors (Lipinski definition) is 1. The summed E-state index contributed by atoms with van der Waals surface area (Å²) in [6.45, 7) is -0.612. The zero-order valence-electron chi connectivity index (χ0n) is 16.3. The summed E-state index contributed by atoms with van der Waals surface area (Å²) in [7, 11) is 1.27. The van der Waals surface area contributed by atoms with E-state index in [1.807, 2.05) is 6.07 Å². The van der Waals surface area contributed by atoms with Gasteiger partial charge in [-0.3, -0.25) is 19.3 Å². The highest BCUT2D eigenvalue weighted by Gasteiger charge is 2.36. The Morgan fingerprint density at radius 3 is 2.58 bits per heavy atom. The van der Waals surface area contributed by atoms with Crippen LogP contribution in [0, 0.1) is 0 Å². The van der Waals surface area contributed by atoms with E-state index in [9.17, 15) is 19.2 Å². The number of thioether (sulfide) groups is 1. The average Bonchev–Trinajstić information content (AvgIpc) is 3.01. The fourth-order valence-electron chi connectivity index (χ4n) is 2.57. The van der Waals surface area contributed by atoms with Crippen molar-refractivity contribution in [1.82, 2.24) is 4.90 Å². The van der Waals surface area contributed by atoms with E-state index in [1.54, 1.807) is 48.5 Å². The lowest BCUT2D eigenvalue weighted by Crippen LogP contribution is -2.36. The Morgan fingerprint density at radius 1 is 1.16 bits per heavy atom. The largest absolute Gasteiger partial charge is 0.481 e. The van der Waals surface area contributed by atoms with Gasteiger partial charge < -0.3 is 14.8 Å². The molecule has 1 fully saturated rings. The SMILES string of the molecule is COC(=O)COc1ccc(/C=C2\SC(=O)N(CC(=O)Nc3ccccc3)C2=O)cc1Br. The number of nitrogens with zero attached hydrogens (tertiary/aromatic N) is 1. The number of anilines is 1. The molecule has 0 saturated carbocycles. The van der Waals surface area contributed by atoms with E-state index in [-0.39, 0.29) is 18.1 Å². The van der Waals surface area contributed by atoms with Crippen molar-refractivity contribution in [3.05, 3.63) is 63.5 Å². The predicted octanol–water partition coefficient (Wildman–Crippen LogP) is 3.68. The molecule has 1 heterocycles. The molecule has 31 heavy (non-hydrogen) atoms. The molecule has 1 aliphatic rings. The zero-order chi connectivity index (χ0) is 22.4. The van der Waals surface area contributed by atoms with Crippen molar-refractivity contribution in [3.8, 4) is 5.75 Å². The van der Waals surface area contributed by atoms with E-state index in [0.29, 0.717) is 21.5 Å². The van der Waals surface area contributed by atoms with Crippen LogP contribution in [-0.2, 0) is 19.1 Å². The van der Waals surface area contributed by atoms with Gasteiger partial charge in [-0.2, -0.15) is 0 Å².